The van der Waals surface area contributed by atoms with Gasteiger partial charge in [0, 0.05) is 37.0 Å². The molecular weight excluding hydrogens is 572 g/mol. The number of carbonyl (C=O) groups excluding carboxylic acids is 2. The van der Waals surface area contributed by atoms with Crippen LogP contribution in [0.4, 0.5) is 0 Å². The Hall–Kier alpha value is -3.30. The predicted molar refractivity (Wildman–Crippen MR) is 171 cm³/mol. The second-order valence-electron chi connectivity index (χ2n) is 13.5. The average Bonchev–Trinajstić information content (AvgIpc) is 3.18. The first-order chi connectivity index (χ1) is 21.1. The smallest absolute Gasteiger partial charge is 0.303 e. The molecule has 1 fully saturated rings. The van der Waals surface area contributed by atoms with E-state index < -0.39 is 64.8 Å². The Bertz CT molecular complexity index is 1380. The summed E-state index contributed by atoms with van der Waals surface area (Å²) in [5.41, 5.74) is -1.95. The number of benzene rings is 2. The second kappa shape index (κ2) is 13.6. The lowest BCUT2D eigenvalue weighted by Gasteiger charge is -2.46. The summed E-state index contributed by atoms with van der Waals surface area (Å²) >= 11 is 0. The molecule has 0 radical (unpaired) electrons. The third-order valence-electron chi connectivity index (χ3n) is 9.57. The van der Waals surface area contributed by atoms with Crippen LogP contribution in [0.5, 0.6) is 0 Å². The summed E-state index contributed by atoms with van der Waals surface area (Å²) in [5, 5.41) is 35.9. The van der Waals surface area contributed by atoms with Crippen molar-refractivity contribution >= 4 is 11.9 Å². The standard InChI is InChI=1S/C37H48O8/c1-23-20-30-32(43-22-27-14-10-8-11-15-27)24(2)33(40)37(30,45-26(4)39)34(41)36(7,42)19-18-35(5,6)31(44-25(3)38)21-29(23)28-16-12-9-13-17-28/h8-20,24,29-34,40-42H,21-22H2,1-7H3/b19-18+,23-20+/t24-,29-,30+,31+,32+,33+,34-,36+,37+/m1/s1. The third kappa shape index (κ3) is 7.25. The Kier molecular flexibility index (Phi) is 10.4. The van der Waals surface area contributed by atoms with E-state index in [2.05, 4.69) is 0 Å². The minimum absolute atomic E-state index is 0.222. The summed E-state index contributed by atoms with van der Waals surface area (Å²) in [4.78, 5) is 25.1. The molecule has 0 aromatic heterocycles. The molecule has 0 saturated heterocycles. The maximum atomic E-state index is 12.8. The van der Waals surface area contributed by atoms with Gasteiger partial charge in [-0.3, -0.25) is 9.59 Å². The first kappa shape index (κ1) is 34.6. The molecule has 2 aromatic rings. The van der Waals surface area contributed by atoms with Crippen molar-refractivity contribution in [1.82, 2.24) is 0 Å². The normalized spacial score (nSPS) is 36.8. The summed E-state index contributed by atoms with van der Waals surface area (Å²) in [5.74, 6) is -2.84. The Morgan fingerprint density at radius 2 is 1.51 bits per heavy atom. The van der Waals surface area contributed by atoms with Crippen molar-refractivity contribution in [2.45, 2.75) is 103 Å². The number of hydrogen-bond acceptors (Lipinski definition) is 8. The van der Waals surface area contributed by atoms with Gasteiger partial charge >= 0.3 is 11.9 Å². The molecule has 3 N–H and O–H groups in total. The average molecular weight is 621 g/mol. The molecule has 0 amide bonds. The lowest BCUT2D eigenvalue weighted by atomic mass is 9.71. The van der Waals surface area contributed by atoms with Crippen LogP contribution in [-0.2, 0) is 30.4 Å². The number of hydrogen-bond donors (Lipinski definition) is 3. The highest BCUT2D eigenvalue weighted by Gasteiger charge is 2.67. The van der Waals surface area contributed by atoms with Crippen LogP contribution in [-0.4, -0.2) is 62.9 Å². The molecule has 45 heavy (non-hydrogen) atoms. The zero-order valence-electron chi connectivity index (χ0n) is 27.3. The summed E-state index contributed by atoms with van der Waals surface area (Å²) in [6.07, 6.45) is 1.04. The molecule has 0 bridgehead atoms. The van der Waals surface area contributed by atoms with Crippen LogP contribution in [0.1, 0.15) is 71.9 Å². The van der Waals surface area contributed by atoms with Gasteiger partial charge in [0.15, 0.2) is 5.60 Å². The maximum Gasteiger partial charge on any atom is 0.303 e. The highest BCUT2D eigenvalue weighted by molar-refractivity contribution is 5.67. The van der Waals surface area contributed by atoms with Crippen molar-refractivity contribution in [3.05, 3.63) is 95.6 Å². The Balaban J connectivity index is 1.97. The van der Waals surface area contributed by atoms with Crippen LogP contribution in [0.2, 0.25) is 0 Å². The number of rotatable bonds is 6. The fourth-order valence-electron chi connectivity index (χ4n) is 7.02. The van der Waals surface area contributed by atoms with Crippen molar-refractivity contribution in [3.8, 4) is 0 Å². The molecule has 8 nitrogen and oxygen atoms in total. The third-order valence-corrected chi connectivity index (χ3v) is 9.57. The summed E-state index contributed by atoms with van der Waals surface area (Å²) in [6, 6.07) is 19.4. The van der Waals surface area contributed by atoms with Crippen LogP contribution in [0.15, 0.2) is 84.5 Å². The van der Waals surface area contributed by atoms with Gasteiger partial charge in [-0.15, -0.1) is 0 Å². The second-order valence-corrected chi connectivity index (χ2v) is 13.5. The first-order valence-electron chi connectivity index (χ1n) is 15.6. The quantitative estimate of drug-likeness (QED) is 0.295. The Morgan fingerprint density at radius 3 is 2.09 bits per heavy atom. The van der Waals surface area contributed by atoms with Crippen molar-refractivity contribution in [2.24, 2.45) is 17.3 Å². The lowest BCUT2D eigenvalue weighted by Crippen LogP contribution is -2.64. The van der Waals surface area contributed by atoms with E-state index in [1.807, 2.05) is 87.5 Å². The van der Waals surface area contributed by atoms with E-state index in [1.165, 1.54) is 26.8 Å². The molecule has 1 saturated carbocycles. The van der Waals surface area contributed by atoms with Gasteiger partial charge in [0.05, 0.1) is 12.7 Å². The number of fused-ring (bicyclic) bond motifs is 1. The molecule has 9 atom stereocenters. The Labute approximate surface area is 266 Å². The fraction of sp³-hybridized carbons (Fsp3) is 0.514. The molecule has 2 aliphatic rings. The first-order valence-corrected chi connectivity index (χ1v) is 15.6. The molecule has 244 valence electrons. The molecule has 0 unspecified atom stereocenters. The van der Waals surface area contributed by atoms with Gasteiger partial charge in [-0.05, 0) is 31.4 Å². The van der Waals surface area contributed by atoms with E-state index in [-0.39, 0.29) is 12.5 Å². The Morgan fingerprint density at radius 1 is 0.911 bits per heavy atom. The number of aliphatic hydroxyl groups excluding tert-OH is 2. The summed E-state index contributed by atoms with van der Waals surface area (Å²) in [6.45, 7) is 11.8. The minimum atomic E-state index is -1.97. The highest BCUT2D eigenvalue weighted by atomic mass is 16.6. The number of ether oxygens (including phenoxy) is 3. The van der Waals surface area contributed by atoms with E-state index >= 15 is 0 Å². The van der Waals surface area contributed by atoms with Crippen LogP contribution in [0.25, 0.3) is 0 Å². The van der Waals surface area contributed by atoms with E-state index in [0.29, 0.717) is 6.42 Å². The molecule has 0 aliphatic heterocycles. The topological polar surface area (TPSA) is 123 Å². The molecule has 0 spiro atoms. The monoisotopic (exact) mass is 620 g/mol. The predicted octanol–water partition coefficient (Wildman–Crippen LogP) is 5.26. The van der Waals surface area contributed by atoms with Gasteiger partial charge in [-0.1, -0.05) is 105 Å². The molecule has 4 rings (SSSR count). The minimum Gasteiger partial charge on any atom is -0.462 e. The summed E-state index contributed by atoms with van der Waals surface area (Å²) < 4.78 is 18.4. The number of esters is 2. The number of allylic oxidation sites excluding steroid dienone is 1. The van der Waals surface area contributed by atoms with Gasteiger partial charge in [0.2, 0.25) is 0 Å². The lowest BCUT2D eigenvalue weighted by molar-refractivity contribution is -0.222. The van der Waals surface area contributed by atoms with E-state index in [1.54, 1.807) is 13.0 Å². The van der Waals surface area contributed by atoms with Crippen LogP contribution in [0, 0.1) is 17.3 Å². The van der Waals surface area contributed by atoms with Gasteiger partial charge in [0.1, 0.15) is 23.9 Å². The molecular formula is C37H48O8. The van der Waals surface area contributed by atoms with Crippen LogP contribution >= 0.6 is 0 Å². The largest absolute Gasteiger partial charge is 0.462 e. The highest BCUT2D eigenvalue weighted by Crippen LogP contribution is 2.51. The van der Waals surface area contributed by atoms with Gasteiger partial charge < -0.3 is 29.5 Å². The number of aliphatic hydroxyl groups is 3. The van der Waals surface area contributed by atoms with Crippen LogP contribution < -0.4 is 0 Å². The summed E-state index contributed by atoms with van der Waals surface area (Å²) in [7, 11) is 0. The van der Waals surface area contributed by atoms with E-state index in [4.69, 9.17) is 14.2 Å². The molecule has 0 heterocycles. The zero-order valence-corrected chi connectivity index (χ0v) is 27.3. The van der Waals surface area contributed by atoms with Crippen molar-refractivity contribution < 1.29 is 39.1 Å². The molecule has 2 aromatic carbocycles. The van der Waals surface area contributed by atoms with E-state index in [0.717, 1.165) is 16.7 Å². The fourth-order valence-corrected chi connectivity index (χ4v) is 7.02. The maximum absolute atomic E-state index is 12.8. The van der Waals surface area contributed by atoms with Crippen LogP contribution in [0.3, 0.4) is 0 Å². The SMILES string of the molecule is CC(=O)O[C@H]1C[C@@H](c2ccccc2)/C(C)=C/[C@H]2[C@@H](OCc3ccccc3)[C@@H](C)[C@H](O)[C@]2(OC(C)=O)[C@H](O)[C@@](C)(O)/C=C/C1(C)C. The van der Waals surface area contributed by atoms with Gasteiger partial charge in [0.25, 0.3) is 0 Å². The molecule has 2 aliphatic carbocycles. The van der Waals surface area contributed by atoms with Gasteiger partial charge in [-0.2, -0.15) is 0 Å². The van der Waals surface area contributed by atoms with Crippen molar-refractivity contribution in [1.29, 1.82) is 0 Å². The molecule has 8 heteroatoms. The zero-order chi connectivity index (χ0) is 33.2. The van der Waals surface area contributed by atoms with Gasteiger partial charge in [-0.25, -0.2) is 0 Å². The van der Waals surface area contributed by atoms with E-state index in [9.17, 15) is 24.9 Å². The van der Waals surface area contributed by atoms with Crippen molar-refractivity contribution in [2.75, 3.05) is 0 Å². The van der Waals surface area contributed by atoms with Crippen molar-refractivity contribution in [3.63, 3.8) is 0 Å². The number of carbonyl (C=O) groups is 2.